The summed E-state index contributed by atoms with van der Waals surface area (Å²) in [7, 11) is 0. The summed E-state index contributed by atoms with van der Waals surface area (Å²) in [4.78, 5) is 1.66. The molecule has 0 aliphatic rings. The van der Waals surface area contributed by atoms with Crippen LogP contribution >= 0.6 is 25.3 Å². The van der Waals surface area contributed by atoms with E-state index in [1.165, 1.54) is 11.1 Å². The Kier molecular flexibility index (Phi) is 10.1. The van der Waals surface area contributed by atoms with E-state index in [1.807, 2.05) is 55.5 Å². The van der Waals surface area contributed by atoms with Crippen LogP contribution in [0.3, 0.4) is 0 Å². The Morgan fingerprint density at radius 2 is 1.83 bits per heavy atom. The topological polar surface area (TPSA) is 9.23 Å². The molecule has 1 atom stereocenters. The van der Waals surface area contributed by atoms with E-state index >= 15 is 0 Å². The van der Waals surface area contributed by atoms with Crippen molar-refractivity contribution >= 4 is 35.1 Å². The highest BCUT2D eigenvalue weighted by molar-refractivity contribution is 7.96. The quantitative estimate of drug-likeness (QED) is 0.216. The lowest BCUT2D eigenvalue weighted by atomic mass is 9.96. The molecule has 0 aliphatic carbocycles. The van der Waals surface area contributed by atoms with Gasteiger partial charge in [0, 0.05) is 21.8 Å². The van der Waals surface area contributed by atoms with Gasteiger partial charge in [-0.25, -0.2) is 0 Å². The molecule has 0 amide bonds. The fourth-order valence-electron chi connectivity index (χ4n) is 3.13. The fourth-order valence-corrected chi connectivity index (χ4v) is 3.70. The largest absolute Gasteiger partial charge is 0.493 e. The zero-order valence-corrected chi connectivity index (χ0v) is 19.9. The molecule has 30 heavy (non-hydrogen) atoms. The Hall–Kier alpha value is -2.10. The lowest BCUT2D eigenvalue weighted by molar-refractivity contribution is 0.322. The summed E-state index contributed by atoms with van der Waals surface area (Å²) in [6.07, 6.45) is 9.83. The lowest BCUT2D eigenvalue weighted by Crippen LogP contribution is -2.02. The molecule has 158 valence electrons. The van der Waals surface area contributed by atoms with E-state index < -0.39 is 0 Å². The molecule has 0 aromatic heterocycles. The maximum atomic E-state index is 6.21. The van der Waals surface area contributed by atoms with E-state index in [-0.39, 0.29) is 0 Å². The van der Waals surface area contributed by atoms with Crippen LogP contribution in [0.5, 0.6) is 5.75 Å². The zero-order chi connectivity index (χ0) is 21.9. The summed E-state index contributed by atoms with van der Waals surface area (Å²) >= 11 is 9.64. The van der Waals surface area contributed by atoms with Gasteiger partial charge in [-0.2, -0.15) is 0 Å². The summed E-state index contributed by atoms with van der Waals surface area (Å²) in [5, 5.41) is 0. The van der Waals surface area contributed by atoms with Crippen LogP contribution in [-0.2, 0) is 0 Å². The van der Waals surface area contributed by atoms with E-state index in [1.54, 1.807) is 0 Å². The molecule has 1 unspecified atom stereocenters. The first-order valence-corrected chi connectivity index (χ1v) is 11.3. The SMILES string of the molecule is C=C/C=C(\C=C/C)CCOc1ccc(C(C)CC)cc1/C(S)=C(/S)c1ccccc1. The van der Waals surface area contributed by atoms with Crippen molar-refractivity contribution in [3.05, 3.63) is 102 Å². The molecule has 2 rings (SSSR count). The Balaban J connectivity index is 2.38. The molecular formula is C27H32OS2. The third-order valence-corrected chi connectivity index (χ3v) is 6.20. The minimum Gasteiger partial charge on any atom is -0.493 e. The van der Waals surface area contributed by atoms with Crippen LogP contribution in [0.2, 0.25) is 0 Å². The summed E-state index contributed by atoms with van der Waals surface area (Å²) in [6.45, 7) is 10.8. The molecule has 3 heteroatoms. The molecule has 0 saturated carbocycles. The second kappa shape index (κ2) is 12.6. The molecular weight excluding hydrogens is 404 g/mol. The minimum absolute atomic E-state index is 0.468. The van der Waals surface area contributed by atoms with Crippen molar-refractivity contribution in [3.8, 4) is 5.75 Å². The maximum absolute atomic E-state index is 6.21. The van der Waals surface area contributed by atoms with Crippen molar-refractivity contribution in [2.45, 2.75) is 39.5 Å². The third-order valence-electron chi connectivity index (χ3n) is 5.07. The number of thiol groups is 2. The van der Waals surface area contributed by atoms with Crippen LogP contribution in [0.15, 0.2) is 85.0 Å². The molecule has 2 aromatic rings. The van der Waals surface area contributed by atoms with Gasteiger partial charge in [-0.3, -0.25) is 0 Å². The number of ether oxygens (including phenoxy) is 1. The number of hydrogen-bond acceptors (Lipinski definition) is 3. The second-order valence-corrected chi connectivity index (χ2v) is 8.10. The average molecular weight is 437 g/mol. The van der Waals surface area contributed by atoms with Gasteiger partial charge >= 0.3 is 0 Å². The average Bonchev–Trinajstić information content (AvgIpc) is 2.78. The van der Waals surface area contributed by atoms with Gasteiger partial charge in [0.1, 0.15) is 5.75 Å². The Bertz CT molecular complexity index is 923. The molecule has 0 heterocycles. The van der Waals surface area contributed by atoms with Crippen LogP contribution in [-0.4, -0.2) is 6.61 Å². The number of benzene rings is 2. The van der Waals surface area contributed by atoms with Gasteiger partial charge in [0.15, 0.2) is 0 Å². The van der Waals surface area contributed by atoms with Crippen LogP contribution < -0.4 is 4.74 Å². The van der Waals surface area contributed by atoms with Crippen molar-refractivity contribution in [1.82, 2.24) is 0 Å². The van der Waals surface area contributed by atoms with Gasteiger partial charge in [0.05, 0.1) is 6.61 Å². The maximum Gasteiger partial charge on any atom is 0.127 e. The fraction of sp³-hybridized carbons (Fsp3) is 0.259. The van der Waals surface area contributed by atoms with Crippen LogP contribution in [0.25, 0.3) is 9.81 Å². The lowest BCUT2D eigenvalue weighted by Gasteiger charge is -2.17. The molecule has 1 nitrogen and oxygen atoms in total. The highest BCUT2D eigenvalue weighted by atomic mass is 32.1. The predicted octanol–water partition coefficient (Wildman–Crippen LogP) is 8.34. The van der Waals surface area contributed by atoms with E-state index in [2.05, 4.69) is 44.7 Å². The monoisotopic (exact) mass is 436 g/mol. The summed E-state index contributed by atoms with van der Waals surface area (Å²) in [6, 6.07) is 16.5. The molecule has 0 bridgehead atoms. The summed E-state index contributed by atoms with van der Waals surface area (Å²) < 4.78 is 6.21. The molecule has 0 spiro atoms. The van der Waals surface area contributed by atoms with E-state index in [0.29, 0.717) is 12.5 Å². The Morgan fingerprint density at radius 3 is 2.47 bits per heavy atom. The van der Waals surface area contributed by atoms with Crippen molar-refractivity contribution in [2.75, 3.05) is 6.61 Å². The Morgan fingerprint density at radius 1 is 1.10 bits per heavy atom. The molecule has 0 saturated heterocycles. The standard InChI is InChI=1S/C27H32OS2/c1-5-11-21(12-6-2)17-18-28-25-16-15-23(20(4)7-3)19-24(25)27(30)26(29)22-13-9-8-10-14-22/h5-6,8-16,19-20,29-30H,1,7,17-18H2,2-4H3/b12-6-,21-11+,27-26-. The first-order valence-electron chi connectivity index (χ1n) is 10.4. The number of hydrogen-bond donors (Lipinski definition) is 2. The van der Waals surface area contributed by atoms with Gasteiger partial charge in [-0.05, 0) is 48.1 Å². The predicted molar refractivity (Wildman–Crippen MR) is 140 cm³/mol. The van der Waals surface area contributed by atoms with Crippen molar-refractivity contribution < 1.29 is 4.74 Å². The van der Waals surface area contributed by atoms with Gasteiger partial charge in [-0.1, -0.05) is 81.1 Å². The van der Waals surface area contributed by atoms with Crippen molar-refractivity contribution in [3.63, 3.8) is 0 Å². The summed E-state index contributed by atoms with van der Waals surface area (Å²) in [5.74, 6) is 1.30. The molecule has 2 aromatic carbocycles. The molecule has 0 radical (unpaired) electrons. The van der Waals surface area contributed by atoms with Crippen LogP contribution in [0.4, 0.5) is 0 Å². The molecule has 0 N–H and O–H groups in total. The van der Waals surface area contributed by atoms with Gasteiger partial charge in [0.2, 0.25) is 0 Å². The van der Waals surface area contributed by atoms with E-state index in [0.717, 1.165) is 39.5 Å². The highest BCUT2D eigenvalue weighted by Gasteiger charge is 2.14. The van der Waals surface area contributed by atoms with Gasteiger partial charge in [-0.15, -0.1) is 25.3 Å². The van der Waals surface area contributed by atoms with Crippen molar-refractivity contribution in [2.24, 2.45) is 0 Å². The zero-order valence-electron chi connectivity index (χ0n) is 18.1. The van der Waals surface area contributed by atoms with Crippen LogP contribution in [0, 0.1) is 0 Å². The third kappa shape index (κ3) is 6.72. The summed E-state index contributed by atoms with van der Waals surface area (Å²) in [5.41, 5.74) is 4.48. The Labute approximate surface area is 193 Å². The first kappa shape index (κ1) is 24.2. The van der Waals surface area contributed by atoms with Gasteiger partial charge < -0.3 is 4.74 Å². The second-order valence-electron chi connectivity index (χ2n) is 7.20. The van der Waals surface area contributed by atoms with Crippen LogP contribution in [0.1, 0.15) is 56.2 Å². The number of allylic oxidation sites excluding steroid dienone is 4. The number of rotatable bonds is 10. The smallest absolute Gasteiger partial charge is 0.127 e. The first-order chi connectivity index (χ1) is 14.5. The van der Waals surface area contributed by atoms with Crippen molar-refractivity contribution in [1.29, 1.82) is 0 Å². The molecule has 0 fully saturated rings. The molecule has 0 aliphatic heterocycles. The van der Waals surface area contributed by atoms with Gasteiger partial charge in [0.25, 0.3) is 0 Å². The highest BCUT2D eigenvalue weighted by Crippen LogP contribution is 2.38. The van der Waals surface area contributed by atoms with E-state index in [4.69, 9.17) is 30.0 Å². The normalized spacial score (nSPS) is 13.8. The minimum atomic E-state index is 0.468. The van der Waals surface area contributed by atoms with E-state index in [9.17, 15) is 0 Å².